The largest absolute Gasteiger partial charge is 0.481 e. The van der Waals surface area contributed by atoms with E-state index in [0.29, 0.717) is 11.3 Å². The molecule has 2 aromatic carbocycles. The van der Waals surface area contributed by atoms with Crippen LogP contribution >= 0.6 is 0 Å². The third-order valence-corrected chi connectivity index (χ3v) is 6.61. The third kappa shape index (κ3) is 4.69. The Hall–Kier alpha value is -3.61. The topological polar surface area (TPSA) is 93.7 Å². The van der Waals surface area contributed by atoms with E-state index >= 15 is 0 Å². The zero-order valence-corrected chi connectivity index (χ0v) is 19.7. The number of unbranched alkanes of at least 4 members (excludes halogenated alkanes) is 2. The van der Waals surface area contributed by atoms with Gasteiger partial charge in [-0.05, 0) is 49.1 Å². The Bertz CT molecular complexity index is 1220. The summed E-state index contributed by atoms with van der Waals surface area (Å²) in [7, 11) is 0. The summed E-state index contributed by atoms with van der Waals surface area (Å²) in [4.78, 5) is 44.2. The van der Waals surface area contributed by atoms with Crippen molar-refractivity contribution in [2.45, 2.75) is 52.0 Å². The van der Waals surface area contributed by atoms with Crippen molar-refractivity contribution < 1.29 is 19.5 Å². The summed E-state index contributed by atoms with van der Waals surface area (Å²) in [6.07, 6.45) is 5.78. The van der Waals surface area contributed by atoms with Crippen molar-refractivity contribution in [3.05, 3.63) is 65.4 Å². The van der Waals surface area contributed by atoms with E-state index in [1.807, 2.05) is 60.5 Å². The van der Waals surface area contributed by atoms with Crippen LogP contribution < -0.4 is 4.90 Å². The zero-order chi connectivity index (χ0) is 24.2. The van der Waals surface area contributed by atoms with E-state index in [0.717, 1.165) is 52.6 Å². The summed E-state index contributed by atoms with van der Waals surface area (Å²) in [6.45, 7) is 4.03. The number of imide groups is 1. The van der Waals surface area contributed by atoms with Crippen LogP contribution in [0.25, 0.3) is 10.9 Å². The minimum absolute atomic E-state index is 0.00574. The van der Waals surface area contributed by atoms with E-state index in [4.69, 9.17) is 5.11 Å². The molecule has 1 unspecified atom stereocenters. The van der Waals surface area contributed by atoms with Crippen LogP contribution in [0, 0.1) is 0 Å². The Morgan fingerprint density at radius 2 is 1.94 bits per heavy atom. The molecule has 7 nitrogen and oxygen atoms in total. The lowest BCUT2D eigenvalue weighted by atomic mass is 10.00. The van der Waals surface area contributed by atoms with Gasteiger partial charge in [0.2, 0.25) is 5.91 Å². The predicted molar refractivity (Wildman–Crippen MR) is 132 cm³/mol. The van der Waals surface area contributed by atoms with Gasteiger partial charge in [0.05, 0.1) is 30.3 Å². The van der Waals surface area contributed by atoms with Gasteiger partial charge in [-0.3, -0.25) is 19.3 Å². The fourth-order valence-corrected chi connectivity index (χ4v) is 4.70. The first-order valence-corrected chi connectivity index (χ1v) is 11.9. The average Bonchev–Trinajstić information content (AvgIpc) is 3.22. The molecule has 0 bridgehead atoms. The van der Waals surface area contributed by atoms with Crippen LogP contribution in [0.5, 0.6) is 0 Å². The first kappa shape index (κ1) is 23.5. The van der Waals surface area contributed by atoms with Crippen LogP contribution in [0.3, 0.4) is 0 Å². The lowest BCUT2D eigenvalue weighted by Crippen LogP contribution is -2.42. The van der Waals surface area contributed by atoms with Crippen LogP contribution in [-0.2, 0) is 16.0 Å². The lowest BCUT2D eigenvalue weighted by molar-refractivity contribution is -0.137. The van der Waals surface area contributed by atoms with E-state index in [-0.39, 0.29) is 31.5 Å². The molecule has 1 aliphatic rings. The molecule has 0 aliphatic carbocycles. The van der Waals surface area contributed by atoms with E-state index in [9.17, 15) is 14.4 Å². The third-order valence-electron chi connectivity index (χ3n) is 6.61. The standard InChI is InChI=1S/C27H31N3O4/c1-3-4-5-8-19-11-12-24-21(15-19)27(34)29(14-13-26(32)33)25(31)17-30(24)18(2)22-16-28-23-10-7-6-9-20(22)23/h6-7,9-12,15-16,18,28H,3-5,8,13-14,17H2,1-2H3,(H,32,33). The molecule has 2 heterocycles. The van der Waals surface area contributed by atoms with Gasteiger partial charge in [0, 0.05) is 23.6 Å². The van der Waals surface area contributed by atoms with Gasteiger partial charge in [0.15, 0.2) is 0 Å². The van der Waals surface area contributed by atoms with E-state index in [2.05, 4.69) is 11.9 Å². The van der Waals surface area contributed by atoms with Crippen molar-refractivity contribution in [3.8, 4) is 0 Å². The number of nitrogens with one attached hydrogen (secondary N) is 1. The molecule has 1 aromatic heterocycles. The smallest absolute Gasteiger partial charge is 0.305 e. The van der Waals surface area contributed by atoms with Crippen molar-refractivity contribution in [1.29, 1.82) is 0 Å². The summed E-state index contributed by atoms with van der Waals surface area (Å²) < 4.78 is 0. The number of benzene rings is 2. The van der Waals surface area contributed by atoms with Crippen molar-refractivity contribution in [2.75, 3.05) is 18.0 Å². The highest BCUT2D eigenvalue weighted by Crippen LogP contribution is 2.36. The highest BCUT2D eigenvalue weighted by molar-refractivity contribution is 6.11. The maximum absolute atomic E-state index is 13.5. The van der Waals surface area contributed by atoms with E-state index in [1.54, 1.807) is 0 Å². The van der Waals surface area contributed by atoms with Crippen LogP contribution in [-0.4, -0.2) is 45.9 Å². The van der Waals surface area contributed by atoms with Gasteiger partial charge in [-0.2, -0.15) is 0 Å². The fourth-order valence-electron chi connectivity index (χ4n) is 4.70. The quantitative estimate of drug-likeness (QED) is 0.348. The van der Waals surface area contributed by atoms with Crippen LogP contribution in [0.2, 0.25) is 0 Å². The van der Waals surface area contributed by atoms with Gasteiger partial charge in [-0.25, -0.2) is 0 Å². The molecule has 0 spiro atoms. The maximum atomic E-state index is 13.5. The van der Waals surface area contributed by atoms with Crippen molar-refractivity contribution in [2.24, 2.45) is 0 Å². The number of nitrogens with zero attached hydrogens (tertiary/aromatic N) is 2. The number of hydrogen-bond donors (Lipinski definition) is 2. The monoisotopic (exact) mass is 461 g/mol. The second kappa shape index (κ2) is 10.1. The summed E-state index contributed by atoms with van der Waals surface area (Å²) in [5, 5.41) is 10.2. The van der Waals surface area contributed by atoms with Gasteiger partial charge in [0.1, 0.15) is 0 Å². The van der Waals surface area contributed by atoms with Crippen molar-refractivity contribution >= 4 is 34.4 Å². The molecule has 0 fully saturated rings. The molecule has 2 N–H and O–H groups in total. The van der Waals surface area contributed by atoms with E-state index < -0.39 is 11.9 Å². The van der Waals surface area contributed by atoms with Gasteiger partial charge >= 0.3 is 5.97 Å². The number of para-hydroxylation sites is 1. The van der Waals surface area contributed by atoms with Crippen LogP contribution in [0.4, 0.5) is 5.69 Å². The molecule has 0 saturated carbocycles. The SMILES string of the molecule is CCCCCc1ccc2c(c1)C(=O)N(CCC(=O)O)C(=O)CN2C(C)c1c[nH]c2ccccc12. The Balaban J connectivity index is 1.75. The minimum Gasteiger partial charge on any atom is -0.481 e. The zero-order valence-electron chi connectivity index (χ0n) is 19.7. The number of carbonyl (C=O) groups excluding carboxylic acids is 2. The number of aliphatic carboxylic acids is 1. The van der Waals surface area contributed by atoms with Crippen LogP contribution in [0.1, 0.15) is 67.1 Å². The number of aromatic nitrogens is 1. The number of carboxylic acid groups (broad SMARTS) is 1. The number of rotatable bonds is 9. The molecular weight excluding hydrogens is 430 g/mol. The fraction of sp³-hybridized carbons (Fsp3) is 0.370. The molecule has 2 amide bonds. The highest BCUT2D eigenvalue weighted by Gasteiger charge is 2.35. The summed E-state index contributed by atoms with van der Waals surface area (Å²) in [6, 6.07) is 13.7. The summed E-state index contributed by atoms with van der Waals surface area (Å²) >= 11 is 0. The first-order chi connectivity index (χ1) is 16.4. The predicted octanol–water partition coefficient (Wildman–Crippen LogP) is 4.93. The maximum Gasteiger partial charge on any atom is 0.305 e. The van der Waals surface area contributed by atoms with Crippen LogP contribution in [0.15, 0.2) is 48.7 Å². The van der Waals surface area contributed by atoms with Crippen molar-refractivity contribution in [1.82, 2.24) is 9.88 Å². The van der Waals surface area contributed by atoms with E-state index in [1.165, 1.54) is 0 Å². The molecule has 4 rings (SSSR count). The highest BCUT2D eigenvalue weighted by atomic mass is 16.4. The molecule has 1 atom stereocenters. The van der Waals surface area contributed by atoms with Gasteiger partial charge in [0.25, 0.3) is 5.91 Å². The number of fused-ring (bicyclic) bond motifs is 2. The number of H-pyrrole nitrogens is 1. The molecular formula is C27H31N3O4. The summed E-state index contributed by atoms with van der Waals surface area (Å²) in [5.41, 5.74) is 4.25. The molecule has 178 valence electrons. The molecule has 7 heteroatoms. The second-order valence-electron chi connectivity index (χ2n) is 8.90. The molecule has 34 heavy (non-hydrogen) atoms. The number of aromatic amines is 1. The molecule has 0 saturated heterocycles. The molecule has 0 radical (unpaired) electrons. The van der Waals surface area contributed by atoms with Crippen molar-refractivity contribution in [3.63, 3.8) is 0 Å². The Kier molecular flexibility index (Phi) is 7.01. The van der Waals surface area contributed by atoms with Gasteiger partial charge < -0.3 is 15.0 Å². The Morgan fingerprint density at radius 3 is 2.71 bits per heavy atom. The Morgan fingerprint density at radius 1 is 1.15 bits per heavy atom. The molecule has 1 aliphatic heterocycles. The van der Waals surface area contributed by atoms with Gasteiger partial charge in [-0.15, -0.1) is 0 Å². The Labute approximate surface area is 199 Å². The van der Waals surface area contributed by atoms with Gasteiger partial charge in [-0.1, -0.05) is 44.0 Å². The number of anilines is 1. The number of carbonyl (C=O) groups is 3. The first-order valence-electron chi connectivity index (χ1n) is 11.9. The normalized spacial score (nSPS) is 14.9. The second-order valence-corrected chi connectivity index (χ2v) is 8.90. The molecule has 3 aromatic rings. The number of carboxylic acids is 1. The summed E-state index contributed by atoms with van der Waals surface area (Å²) in [5.74, 6) is -1.85. The number of amides is 2. The minimum atomic E-state index is -1.04. The lowest BCUT2D eigenvalue weighted by Gasteiger charge is -2.30. The number of aryl methyl sites for hydroxylation is 1. The number of hydrogen-bond acceptors (Lipinski definition) is 4. The average molecular weight is 462 g/mol.